The van der Waals surface area contributed by atoms with Gasteiger partial charge in [-0.05, 0) is 43.2 Å². The van der Waals surface area contributed by atoms with E-state index in [4.69, 9.17) is 14.2 Å². The van der Waals surface area contributed by atoms with Crippen molar-refractivity contribution in [3.63, 3.8) is 0 Å². The van der Waals surface area contributed by atoms with Gasteiger partial charge < -0.3 is 19.5 Å². The molecule has 0 aliphatic carbocycles. The van der Waals surface area contributed by atoms with Crippen molar-refractivity contribution in [1.82, 2.24) is 0 Å². The van der Waals surface area contributed by atoms with Gasteiger partial charge in [-0.25, -0.2) is 0 Å². The number of allylic oxidation sites excluding steroid dienone is 1. The molecule has 0 fully saturated rings. The predicted octanol–water partition coefficient (Wildman–Crippen LogP) is 4.00. The van der Waals surface area contributed by atoms with E-state index in [1.165, 1.54) is 0 Å². The van der Waals surface area contributed by atoms with Crippen LogP contribution >= 0.6 is 0 Å². The van der Waals surface area contributed by atoms with Crippen LogP contribution in [0.2, 0.25) is 0 Å². The van der Waals surface area contributed by atoms with E-state index in [0.29, 0.717) is 34.9 Å². The summed E-state index contributed by atoms with van der Waals surface area (Å²) in [5.41, 5.74) is 2.94. The number of aryl methyl sites for hydroxylation is 1. The third kappa shape index (κ3) is 4.12. The second kappa shape index (κ2) is 8.24. The van der Waals surface area contributed by atoms with Crippen LogP contribution in [-0.2, 0) is 6.42 Å². The molecule has 0 aliphatic rings. The molecule has 0 spiro atoms. The van der Waals surface area contributed by atoms with Gasteiger partial charge in [0.15, 0.2) is 11.5 Å². The lowest BCUT2D eigenvalue weighted by Gasteiger charge is -2.15. The molecule has 0 atom stereocenters. The maximum absolute atomic E-state index is 12.7. The molecule has 2 aromatic rings. The highest BCUT2D eigenvalue weighted by molar-refractivity contribution is 6.05. The quantitative estimate of drug-likeness (QED) is 0.773. The molecule has 0 unspecified atom stereocenters. The predicted molar refractivity (Wildman–Crippen MR) is 99.1 cm³/mol. The molecule has 0 saturated carbocycles. The summed E-state index contributed by atoms with van der Waals surface area (Å²) in [5, 5.41) is 2.89. The van der Waals surface area contributed by atoms with E-state index in [1.54, 1.807) is 39.5 Å². The number of anilines is 1. The van der Waals surface area contributed by atoms with Crippen molar-refractivity contribution in [2.45, 2.75) is 13.3 Å². The Morgan fingerprint density at radius 3 is 2.40 bits per heavy atom. The first kappa shape index (κ1) is 18.4. The fourth-order valence-corrected chi connectivity index (χ4v) is 2.60. The van der Waals surface area contributed by atoms with Crippen LogP contribution in [0.3, 0.4) is 0 Å². The van der Waals surface area contributed by atoms with Crippen molar-refractivity contribution >= 4 is 11.6 Å². The van der Waals surface area contributed by atoms with Gasteiger partial charge in [-0.2, -0.15) is 0 Å². The standard InChI is InChI=1S/C20H23NO4/c1-6-7-14-11-15(12-18(24-4)19(14)25-5)20(22)21-16-10-13(2)8-9-17(16)23-3/h6,8-12H,1,7H2,2-5H3,(H,21,22). The van der Waals surface area contributed by atoms with Crippen molar-refractivity contribution in [3.8, 4) is 17.2 Å². The number of amides is 1. The van der Waals surface area contributed by atoms with Crippen LogP contribution < -0.4 is 19.5 Å². The molecular formula is C20H23NO4. The van der Waals surface area contributed by atoms with E-state index in [0.717, 1.165) is 11.1 Å². The van der Waals surface area contributed by atoms with Gasteiger partial charge in [0.2, 0.25) is 0 Å². The molecule has 2 rings (SSSR count). The molecule has 132 valence electrons. The van der Waals surface area contributed by atoms with E-state index in [-0.39, 0.29) is 5.91 Å². The van der Waals surface area contributed by atoms with Crippen LogP contribution in [0.25, 0.3) is 0 Å². The highest BCUT2D eigenvalue weighted by Crippen LogP contribution is 2.34. The largest absolute Gasteiger partial charge is 0.495 e. The Labute approximate surface area is 148 Å². The zero-order valence-electron chi connectivity index (χ0n) is 15.0. The lowest BCUT2D eigenvalue weighted by molar-refractivity contribution is 0.102. The van der Waals surface area contributed by atoms with E-state index in [9.17, 15) is 4.79 Å². The summed E-state index contributed by atoms with van der Waals surface area (Å²) in [4.78, 5) is 12.7. The van der Waals surface area contributed by atoms with Crippen LogP contribution in [0.1, 0.15) is 21.5 Å². The molecule has 0 saturated heterocycles. The Kier molecular flexibility index (Phi) is 6.06. The van der Waals surface area contributed by atoms with Crippen molar-refractivity contribution in [3.05, 3.63) is 59.7 Å². The maximum Gasteiger partial charge on any atom is 0.255 e. The van der Waals surface area contributed by atoms with Crippen LogP contribution in [0.15, 0.2) is 43.0 Å². The molecule has 2 aromatic carbocycles. The summed E-state index contributed by atoms with van der Waals surface area (Å²) in [6.07, 6.45) is 2.32. The Hall–Kier alpha value is -2.95. The lowest BCUT2D eigenvalue weighted by atomic mass is 10.0. The van der Waals surface area contributed by atoms with Crippen LogP contribution in [0.4, 0.5) is 5.69 Å². The SMILES string of the molecule is C=CCc1cc(C(=O)Nc2cc(C)ccc2OC)cc(OC)c1OC. The molecular weight excluding hydrogens is 318 g/mol. The molecule has 1 N–H and O–H groups in total. The first-order valence-corrected chi connectivity index (χ1v) is 7.85. The lowest BCUT2D eigenvalue weighted by Crippen LogP contribution is -2.14. The molecule has 5 heteroatoms. The number of hydrogen-bond donors (Lipinski definition) is 1. The van der Waals surface area contributed by atoms with Crippen molar-refractivity contribution in [2.75, 3.05) is 26.6 Å². The summed E-state index contributed by atoms with van der Waals surface area (Å²) < 4.78 is 16.1. The first-order valence-electron chi connectivity index (χ1n) is 7.85. The fraction of sp³-hybridized carbons (Fsp3) is 0.250. The summed E-state index contributed by atoms with van der Waals surface area (Å²) in [6.45, 7) is 5.70. The number of benzene rings is 2. The van der Waals surface area contributed by atoms with Crippen molar-refractivity contribution in [1.29, 1.82) is 0 Å². The second-order valence-corrected chi connectivity index (χ2v) is 5.52. The third-order valence-corrected chi connectivity index (χ3v) is 3.79. The maximum atomic E-state index is 12.7. The molecule has 0 heterocycles. The van der Waals surface area contributed by atoms with Gasteiger partial charge >= 0.3 is 0 Å². The molecule has 0 bridgehead atoms. The molecule has 0 radical (unpaired) electrons. The van der Waals surface area contributed by atoms with Gasteiger partial charge in [0.25, 0.3) is 5.91 Å². The van der Waals surface area contributed by atoms with Crippen LogP contribution in [0.5, 0.6) is 17.2 Å². The number of carbonyl (C=O) groups is 1. The molecule has 5 nitrogen and oxygen atoms in total. The molecule has 25 heavy (non-hydrogen) atoms. The number of hydrogen-bond acceptors (Lipinski definition) is 4. The topological polar surface area (TPSA) is 56.8 Å². The number of carbonyl (C=O) groups excluding carboxylic acids is 1. The summed E-state index contributed by atoms with van der Waals surface area (Å²) in [7, 11) is 4.68. The van der Waals surface area contributed by atoms with E-state index in [1.807, 2.05) is 25.1 Å². The smallest absolute Gasteiger partial charge is 0.255 e. The number of nitrogens with one attached hydrogen (secondary N) is 1. The van der Waals surface area contributed by atoms with Gasteiger partial charge in [-0.3, -0.25) is 4.79 Å². The van der Waals surface area contributed by atoms with Crippen LogP contribution in [0, 0.1) is 6.92 Å². The molecule has 0 aromatic heterocycles. The van der Waals surface area contributed by atoms with Gasteiger partial charge in [0.05, 0.1) is 27.0 Å². The van der Waals surface area contributed by atoms with E-state index >= 15 is 0 Å². The van der Waals surface area contributed by atoms with Gasteiger partial charge in [0.1, 0.15) is 5.75 Å². The van der Waals surface area contributed by atoms with E-state index < -0.39 is 0 Å². The zero-order valence-corrected chi connectivity index (χ0v) is 15.0. The normalized spacial score (nSPS) is 10.1. The first-order chi connectivity index (χ1) is 12.0. The average molecular weight is 341 g/mol. The highest BCUT2D eigenvalue weighted by Gasteiger charge is 2.17. The minimum atomic E-state index is -0.254. The van der Waals surface area contributed by atoms with Gasteiger partial charge in [-0.1, -0.05) is 12.1 Å². The average Bonchev–Trinajstić information content (AvgIpc) is 2.61. The monoisotopic (exact) mass is 341 g/mol. The van der Waals surface area contributed by atoms with Gasteiger partial charge in [-0.15, -0.1) is 6.58 Å². The number of methoxy groups -OCH3 is 3. The van der Waals surface area contributed by atoms with E-state index in [2.05, 4.69) is 11.9 Å². The Bertz CT molecular complexity index is 784. The van der Waals surface area contributed by atoms with Crippen LogP contribution in [-0.4, -0.2) is 27.2 Å². The van der Waals surface area contributed by atoms with Crippen molar-refractivity contribution < 1.29 is 19.0 Å². The van der Waals surface area contributed by atoms with Gasteiger partial charge in [0, 0.05) is 11.1 Å². The summed E-state index contributed by atoms with van der Waals surface area (Å²) in [6, 6.07) is 9.04. The Balaban J connectivity index is 2.41. The fourth-order valence-electron chi connectivity index (χ4n) is 2.60. The molecule has 0 aliphatic heterocycles. The number of rotatable bonds is 7. The number of ether oxygens (including phenoxy) is 3. The summed E-state index contributed by atoms with van der Waals surface area (Å²) >= 11 is 0. The second-order valence-electron chi connectivity index (χ2n) is 5.52. The van der Waals surface area contributed by atoms with Crippen molar-refractivity contribution in [2.24, 2.45) is 0 Å². The third-order valence-electron chi connectivity index (χ3n) is 3.79. The Morgan fingerprint density at radius 1 is 1.08 bits per heavy atom. The summed E-state index contributed by atoms with van der Waals surface area (Å²) in [5.74, 6) is 1.45. The zero-order chi connectivity index (χ0) is 18.4. The Morgan fingerprint density at radius 2 is 1.80 bits per heavy atom. The minimum Gasteiger partial charge on any atom is -0.495 e. The molecule has 1 amide bonds. The minimum absolute atomic E-state index is 0.254. The highest BCUT2D eigenvalue weighted by atomic mass is 16.5.